The van der Waals surface area contributed by atoms with Gasteiger partial charge in [-0.25, -0.2) is 5.01 Å². The first-order chi connectivity index (χ1) is 4.79. The number of carbonyl (C=O) groups excluding carboxylic acids is 1. The van der Waals surface area contributed by atoms with Crippen LogP contribution in [0.4, 0.5) is 0 Å². The van der Waals surface area contributed by atoms with E-state index in [2.05, 4.69) is 18.9 Å². The summed E-state index contributed by atoms with van der Waals surface area (Å²) < 4.78 is 0. The van der Waals surface area contributed by atoms with Gasteiger partial charge in [0.05, 0.1) is 0 Å². The first-order valence-electron chi connectivity index (χ1n) is 3.84. The van der Waals surface area contributed by atoms with Crippen molar-refractivity contribution in [3.63, 3.8) is 0 Å². The Morgan fingerprint density at radius 1 is 1.50 bits per heavy atom. The van der Waals surface area contributed by atoms with Gasteiger partial charge in [-0.2, -0.15) is 0 Å². The van der Waals surface area contributed by atoms with Crippen molar-refractivity contribution in [2.45, 2.75) is 20.3 Å². The molecule has 0 aromatic carbocycles. The molecular weight excluding hydrogens is 128 g/mol. The predicted octanol–water partition coefficient (Wildman–Crippen LogP) is 0.475. The Balaban J connectivity index is 2.38. The summed E-state index contributed by atoms with van der Waals surface area (Å²) in [7, 11) is 0. The van der Waals surface area contributed by atoms with Crippen LogP contribution in [0.1, 0.15) is 20.3 Å². The molecule has 1 heterocycles. The van der Waals surface area contributed by atoms with E-state index in [-0.39, 0.29) is 5.91 Å². The van der Waals surface area contributed by atoms with Gasteiger partial charge in [0, 0.05) is 26.1 Å². The van der Waals surface area contributed by atoms with Crippen LogP contribution in [0.2, 0.25) is 0 Å². The second-order valence-corrected chi connectivity index (χ2v) is 2.41. The standard InChI is InChI=1S/C7H14N2O/c1-3-8(4-2)9-6-5-7(9)10/h3-6H2,1-2H3. The van der Waals surface area contributed by atoms with Crippen molar-refractivity contribution in [2.75, 3.05) is 19.6 Å². The zero-order chi connectivity index (χ0) is 7.56. The Hall–Kier alpha value is -0.570. The Kier molecular flexibility index (Phi) is 2.27. The van der Waals surface area contributed by atoms with E-state index in [0.717, 1.165) is 26.1 Å². The van der Waals surface area contributed by atoms with Crippen LogP contribution in [0, 0.1) is 0 Å². The van der Waals surface area contributed by atoms with Gasteiger partial charge in [-0.15, -0.1) is 0 Å². The number of carbonyl (C=O) groups is 1. The van der Waals surface area contributed by atoms with Crippen LogP contribution < -0.4 is 0 Å². The highest BCUT2D eigenvalue weighted by Gasteiger charge is 2.27. The number of β-lactam (4-membered cyclic amide) rings is 1. The molecule has 3 nitrogen and oxygen atoms in total. The number of nitrogens with zero attached hydrogens (tertiary/aromatic N) is 2. The molecule has 1 amide bonds. The molecule has 0 spiro atoms. The zero-order valence-corrected chi connectivity index (χ0v) is 6.63. The molecule has 0 radical (unpaired) electrons. The highest BCUT2D eigenvalue weighted by Crippen LogP contribution is 2.11. The van der Waals surface area contributed by atoms with Crippen molar-refractivity contribution in [2.24, 2.45) is 0 Å². The number of amides is 1. The van der Waals surface area contributed by atoms with E-state index in [0.29, 0.717) is 0 Å². The van der Waals surface area contributed by atoms with E-state index in [1.54, 1.807) is 0 Å². The normalized spacial score (nSPS) is 17.9. The van der Waals surface area contributed by atoms with Crippen LogP contribution in [-0.4, -0.2) is 35.6 Å². The molecule has 1 fully saturated rings. The van der Waals surface area contributed by atoms with Crippen molar-refractivity contribution in [3.8, 4) is 0 Å². The Morgan fingerprint density at radius 3 is 2.20 bits per heavy atom. The van der Waals surface area contributed by atoms with Gasteiger partial charge in [0.25, 0.3) is 0 Å². The van der Waals surface area contributed by atoms with E-state index < -0.39 is 0 Å². The number of rotatable bonds is 3. The molecule has 10 heavy (non-hydrogen) atoms. The molecule has 0 aromatic rings. The maximum Gasteiger partial charge on any atom is 0.238 e. The summed E-state index contributed by atoms with van der Waals surface area (Å²) in [5.41, 5.74) is 0. The third-order valence-corrected chi connectivity index (χ3v) is 1.90. The predicted molar refractivity (Wildman–Crippen MR) is 39.3 cm³/mol. The van der Waals surface area contributed by atoms with E-state index in [1.807, 2.05) is 5.01 Å². The Morgan fingerprint density at radius 2 is 2.10 bits per heavy atom. The van der Waals surface area contributed by atoms with Gasteiger partial charge in [-0.1, -0.05) is 13.8 Å². The second-order valence-electron chi connectivity index (χ2n) is 2.41. The summed E-state index contributed by atoms with van der Waals surface area (Å²) in [6.07, 6.45) is 0.733. The van der Waals surface area contributed by atoms with E-state index >= 15 is 0 Å². The summed E-state index contributed by atoms with van der Waals surface area (Å²) in [6.45, 7) is 6.91. The highest BCUT2D eigenvalue weighted by molar-refractivity contribution is 5.81. The average Bonchev–Trinajstić information content (AvgIpc) is 1.96. The molecule has 3 heteroatoms. The quantitative estimate of drug-likeness (QED) is 0.535. The van der Waals surface area contributed by atoms with Crippen LogP contribution in [0.3, 0.4) is 0 Å². The minimum atomic E-state index is 0.267. The Labute approximate surface area is 61.6 Å². The molecule has 1 aliphatic heterocycles. The smallest absolute Gasteiger partial charge is 0.238 e. The van der Waals surface area contributed by atoms with Crippen LogP contribution in [0.15, 0.2) is 0 Å². The number of hydrazine groups is 1. The monoisotopic (exact) mass is 142 g/mol. The van der Waals surface area contributed by atoms with E-state index in [4.69, 9.17) is 0 Å². The maximum absolute atomic E-state index is 10.9. The SMILES string of the molecule is CCN(CC)N1CCC1=O. The summed E-state index contributed by atoms with van der Waals surface area (Å²) in [6, 6.07) is 0. The van der Waals surface area contributed by atoms with E-state index in [1.165, 1.54) is 0 Å². The molecule has 0 aromatic heterocycles. The van der Waals surface area contributed by atoms with Crippen LogP contribution in [0.5, 0.6) is 0 Å². The first-order valence-corrected chi connectivity index (χ1v) is 3.84. The summed E-state index contributed by atoms with van der Waals surface area (Å²) in [4.78, 5) is 10.9. The van der Waals surface area contributed by atoms with Gasteiger partial charge in [0.2, 0.25) is 5.91 Å². The summed E-state index contributed by atoms with van der Waals surface area (Å²) in [5, 5.41) is 3.88. The van der Waals surface area contributed by atoms with Crippen LogP contribution in [-0.2, 0) is 4.79 Å². The fourth-order valence-electron chi connectivity index (χ4n) is 1.17. The summed E-state index contributed by atoms with van der Waals surface area (Å²) in [5.74, 6) is 0.267. The van der Waals surface area contributed by atoms with Crippen LogP contribution in [0.25, 0.3) is 0 Å². The molecule has 0 bridgehead atoms. The second kappa shape index (κ2) is 3.01. The number of hydrogen-bond donors (Lipinski definition) is 0. The third kappa shape index (κ3) is 1.14. The van der Waals surface area contributed by atoms with Gasteiger partial charge in [-0.05, 0) is 0 Å². The van der Waals surface area contributed by atoms with Crippen molar-refractivity contribution in [1.82, 2.24) is 10.0 Å². The van der Waals surface area contributed by atoms with Gasteiger partial charge >= 0.3 is 0 Å². The molecule has 0 unspecified atom stereocenters. The number of hydrogen-bond acceptors (Lipinski definition) is 2. The maximum atomic E-state index is 10.9. The molecule has 0 atom stereocenters. The minimum Gasteiger partial charge on any atom is -0.275 e. The van der Waals surface area contributed by atoms with Gasteiger partial charge in [0.1, 0.15) is 0 Å². The lowest BCUT2D eigenvalue weighted by Gasteiger charge is -2.39. The molecule has 0 aliphatic carbocycles. The van der Waals surface area contributed by atoms with Crippen molar-refractivity contribution in [3.05, 3.63) is 0 Å². The largest absolute Gasteiger partial charge is 0.275 e. The molecule has 1 aliphatic rings. The lowest BCUT2D eigenvalue weighted by atomic mass is 10.2. The van der Waals surface area contributed by atoms with Gasteiger partial charge < -0.3 is 0 Å². The molecule has 1 saturated heterocycles. The highest BCUT2D eigenvalue weighted by atomic mass is 16.2. The van der Waals surface area contributed by atoms with Crippen molar-refractivity contribution in [1.29, 1.82) is 0 Å². The lowest BCUT2D eigenvalue weighted by Crippen LogP contribution is -2.54. The van der Waals surface area contributed by atoms with Gasteiger partial charge in [0.15, 0.2) is 0 Å². The molecule has 58 valence electrons. The Bertz CT molecular complexity index is 132. The fourth-order valence-corrected chi connectivity index (χ4v) is 1.17. The fraction of sp³-hybridized carbons (Fsp3) is 0.857. The first kappa shape index (κ1) is 7.54. The molecule has 1 rings (SSSR count). The van der Waals surface area contributed by atoms with E-state index in [9.17, 15) is 4.79 Å². The lowest BCUT2D eigenvalue weighted by molar-refractivity contribution is -0.163. The molecule has 0 N–H and O–H groups in total. The van der Waals surface area contributed by atoms with Crippen LogP contribution >= 0.6 is 0 Å². The third-order valence-electron chi connectivity index (χ3n) is 1.90. The molecule has 0 saturated carbocycles. The van der Waals surface area contributed by atoms with Gasteiger partial charge in [-0.3, -0.25) is 9.80 Å². The average molecular weight is 142 g/mol. The molecular formula is C7H14N2O. The topological polar surface area (TPSA) is 23.6 Å². The van der Waals surface area contributed by atoms with Crippen molar-refractivity contribution >= 4 is 5.91 Å². The minimum absolute atomic E-state index is 0.267. The summed E-state index contributed by atoms with van der Waals surface area (Å²) >= 11 is 0. The van der Waals surface area contributed by atoms with Crippen molar-refractivity contribution < 1.29 is 4.79 Å². The zero-order valence-electron chi connectivity index (χ0n) is 6.63.